The number of hydrogen-bond acceptors (Lipinski definition) is 3. The molecule has 0 aliphatic heterocycles. The summed E-state index contributed by atoms with van der Waals surface area (Å²) in [6.07, 6.45) is -0.0781. The average molecular weight is 260 g/mol. The van der Waals surface area contributed by atoms with Gasteiger partial charge in [0.15, 0.2) is 5.78 Å². The Morgan fingerprint density at radius 3 is 2.61 bits per heavy atom. The first-order valence-electron chi connectivity index (χ1n) is 5.56. The van der Waals surface area contributed by atoms with Crippen molar-refractivity contribution in [2.45, 2.75) is 12.8 Å². The molecular weight excluding hydrogens is 248 g/mol. The Labute approximate surface area is 109 Å². The van der Waals surface area contributed by atoms with Gasteiger partial charge in [0, 0.05) is 16.9 Å². The minimum atomic E-state index is -0.947. The number of hydrogen-bond donors (Lipinski definition) is 1. The van der Waals surface area contributed by atoms with E-state index in [1.165, 1.54) is 0 Å². The zero-order chi connectivity index (χ0) is 13.0. The van der Waals surface area contributed by atoms with Crippen LogP contribution in [-0.2, 0) is 4.79 Å². The second-order valence-corrected chi connectivity index (χ2v) is 4.82. The standard InChI is InChI=1S/C14H12O3S/c15-12(6-7-14(16)17)10-3-1-4-11(9-10)13-5-2-8-18-13/h1-5,8-9H,6-7H2,(H,16,17). The van der Waals surface area contributed by atoms with Crippen molar-refractivity contribution >= 4 is 23.1 Å². The molecule has 0 radical (unpaired) electrons. The van der Waals surface area contributed by atoms with Gasteiger partial charge in [0.25, 0.3) is 0 Å². The van der Waals surface area contributed by atoms with Gasteiger partial charge in [-0.1, -0.05) is 24.3 Å². The highest BCUT2D eigenvalue weighted by molar-refractivity contribution is 7.13. The lowest BCUT2D eigenvalue weighted by atomic mass is 10.0. The van der Waals surface area contributed by atoms with Gasteiger partial charge in [-0.2, -0.15) is 0 Å². The van der Waals surface area contributed by atoms with Crippen molar-refractivity contribution in [3.8, 4) is 10.4 Å². The van der Waals surface area contributed by atoms with Gasteiger partial charge in [0.1, 0.15) is 0 Å². The quantitative estimate of drug-likeness (QED) is 0.837. The summed E-state index contributed by atoms with van der Waals surface area (Å²) >= 11 is 1.61. The lowest BCUT2D eigenvalue weighted by Crippen LogP contribution is -2.03. The highest BCUT2D eigenvalue weighted by atomic mass is 32.1. The van der Waals surface area contributed by atoms with Crippen LogP contribution in [0.25, 0.3) is 10.4 Å². The molecule has 2 aromatic rings. The predicted molar refractivity (Wildman–Crippen MR) is 71.0 cm³/mol. The summed E-state index contributed by atoms with van der Waals surface area (Å²) in [6.45, 7) is 0. The van der Waals surface area contributed by atoms with Gasteiger partial charge in [-0.25, -0.2) is 0 Å². The first kappa shape index (κ1) is 12.5. The minimum absolute atomic E-state index is 0.0449. The Bertz CT molecular complexity index is 558. The van der Waals surface area contributed by atoms with Crippen LogP contribution in [0.15, 0.2) is 41.8 Å². The van der Waals surface area contributed by atoms with Crippen molar-refractivity contribution < 1.29 is 14.7 Å². The summed E-state index contributed by atoms with van der Waals surface area (Å²) in [5.74, 6) is -1.08. The zero-order valence-corrected chi connectivity index (χ0v) is 10.4. The van der Waals surface area contributed by atoms with E-state index in [0.29, 0.717) is 5.56 Å². The van der Waals surface area contributed by atoms with Crippen molar-refractivity contribution in [1.82, 2.24) is 0 Å². The number of carboxylic acid groups (broad SMARTS) is 1. The van der Waals surface area contributed by atoms with Crippen molar-refractivity contribution in [3.05, 3.63) is 47.3 Å². The molecule has 2 rings (SSSR count). The Hall–Kier alpha value is -1.94. The number of benzene rings is 1. The Balaban J connectivity index is 2.17. The molecule has 0 aliphatic carbocycles. The van der Waals surface area contributed by atoms with Crippen LogP contribution in [0.2, 0.25) is 0 Å². The van der Waals surface area contributed by atoms with Crippen LogP contribution in [-0.4, -0.2) is 16.9 Å². The van der Waals surface area contributed by atoms with Crippen LogP contribution >= 0.6 is 11.3 Å². The summed E-state index contributed by atoms with van der Waals surface area (Å²) in [5, 5.41) is 10.5. The number of Topliss-reactive ketones (excluding diaryl/α,β-unsaturated/α-hetero) is 1. The average Bonchev–Trinajstić information content (AvgIpc) is 2.90. The SMILES string of the molecule is O=C(O)CCC(=O)c1cccc(-c2cccs2)c1. The molecule has 0 spiro atoms. The molecule has 1 N–H and O–H groups in total. The molecule has 0 fully saturated rings. The molecule has 0 saturated carbocycles. The van der Waals surface area contributed by atoms with Gasteiger partial charge in [-0.05, 0) is 23.1 Å². The largest absolute Gasteiger partial charge is 0.481 e. The molecule has 0 aliphatic rings. The van der Waals surface area contributed by atoms with E-state index in [2.05, 4.69) is 0 Å². The van der Waals surface area contributed by atoms with E-state index in [-0.39, 0.29) is 18.6 Å². The van der Waals surface area contributed by atoms with E-state index < -0.39 is 5.97 Å². The van der Waals surface area contributed by atoms with E-state index in [4.69, 9.17) is 5.11 Å². The van der Waals surface area contributed by atoms with Crippen LogP contribution in [0.1, 0.15) is 23.2 Å². The molecule has 18 heavy (non-hydrogen) atoms. The molecule has 4 heteroatoms. The Morgan fingerprint density at radius 1 is 1.11 bits per heavy atom. The number of thiophene rings is 1. The molecule has 0 bridgehead atoms. The van der Waals surface area contributed by atoms with Crippen LogP contribution in [0.4, 0.5) is 0 Å². The van der Waals surface area contributed by atoms with Crippen LogP contribution in [0, 0.1) is 0 Å². The molecular formula is C14H12O3S. The van der Waals surface area contributed by atoms with Crippen LogP contribution in [0.3, 0.4) is 0 Å². The zero-order valence-electron chi connectivity index (χ0n) is 9.63. The maximum Gasteiger partial charge on any atom is 0.303 e. The fourth-order valence-electron chi connectivity index (χ4n) is 1.65. The normalized spacial score (nSPS) is 10.2. The third kappa shape index (κ3) is 3.05. The van der Waals surface area contributed by atoms with E-state index in [9.17, 15) is 9.59 Å². The molecule has 0 amide bonds. The van der Waals surface area contributed by atoms with Crippen molar-refractivity contribution in [3.63, 3.8) is 0 Å². The summed E-state index contributed by atoms with van der Waals surface area (Å²) in [6, 6.07) is 11.3. The molecule has 1 aromatic carbocycles. The van der Waals surface area contributed by atoms with E-state index >= 15 is 0 Å². The topological polar surface area (TPSA) is 54.4 Å². The Morgan fingerprint density at radius 2 is 1.94 bits per heavy atom. The van der Waals surface area contributed by atoms with Gasteiger partial charge < -0.3 is 5.11 Å². The van der Waals surface area contributed by atoms with Gasteiger partial charge >= 0.3 is 5.97 Å². The second kappa shape index (κ2) is 5.60. The lowest BCUT2D eigenvalue weighted by Gasteiger charge is -2.02. The number of ketones is 1. The van der Waals surface area contributed by atoms with Crippen molar-refractivity contribution in [2.75, 3.05) is 0 Å². The van der Waals surface area contributed by atoms with Gasteiger partial charge in [0.2, 0.25) is 0 Å². The fourth-order valence-corrected chi connectivity index (χ4v) is 2.38. The fraction of sp³-hybridized carbons (Fsp3) is 0.143. The highest BCUT2D eigenvalue weighted by Gasteiger charge is 2.09. The number of carbonyl (C=O) groups excluding carboxylic acids is 1. The molecule has 1 heterocycles. The number of carboxylic acids is 1. The van der Waals surface area contributed by atoms with Crippen molar-refractivity contribution in [2.24, 2.45) is 0 Å². The molecule has 0 saturated heterocycles. The van der Waals surface area contributed by atoms with Gasteiger partial charge in [-0.15, -0.1) is 11.3 Å². The van der Waals surface area contributed by atoms with E-state index in [1.54, 1.807) is 17.4 Å². The molecule has 0 unspecified atom stereocenters. The third-order valence-electron chi connectivity index (χ3n) is 2.56. The summed E-state index contributed by atoms with van der Waals surface area (Å²) in [5.41, 5.74) is 1.56. The highest BCUT2D eigenvalue weighted by Crippen LogP contribution is 2.25. The monoisotopic (exact) mass is 260 g/mol. The predicted octanol–water partition coefficient (Wildman–Crippen LogP) is 3.46. The van der Waals surface area contributed by atoms with E-state index in [1.807, 2.05) is 35.7 Å². The van der Waals surface area contributed by atoms with Gasteiger partial charge in [-0.3, -0.25) is 9.59 Å². The Kier molecular flexibility index (Phi) is 3.89. The third-order valence-corrected chi connectivity index (χ3v) is 3.48. The number of rotatable bonds is 5. The van der Waals surface area contributed by atoms with Crippen LogP contribution in [0.5, 0.6) is 0 Å². The minimum Gasteiger partial charge on any atom is -0.481 e. The van der Waals surface area contributed by atoms with E-state index in [0.717, 1.165) is 10.4 Å². The van der Waals surface area contributed by atoms with Crippen molar-refractivity contribution in [1.29, 1.82) is 0 Å². The second-order valence-electron chi connectivity index (χ2n) is 3.88. The molecule has 1 aromatic heterocycles. The smallest absolute Gasteiger partial charge is 0.303 e. The molecule has 0 atom stereocenters. The van der Waals surface area contributed by atoms with Crippen LogP contribution < -0.4 is 0 Å². The number of aliphatic carboxylic acids is 1. The first-order chi connectivity index (χ1) is 8.66. The maximum absolute atomic E-state index is 11.8. The maximum atomic E-state index is 11.8. The van der Waals surface area contributed by atoms with Gasteiger partial charge in [0.05, 0.1) is 6.42 Å². The first-order valence-corrected chi connectivity index (χ1v) is 6.44. The number of carbonyl (C=O) groups is 2. The molecule has 3 nitrogen and oxygen atoms in total. The summed E-state index contributed by atoms with van der Waals surface area (Å²) in [7, 11) is 0. The summed E-state index contributed by atoms with van der Waals surface area (Å²) in [4.78, 5) is 23.3. The molecule has 92 valence electrons. The summed E-state index contributed by atoms with van der Waals surface area (Å²) < 4.78 is 0. The lowest BCUT2D eigenvalue weighted by molar-refractivity contribution is -0.136.